The molecule has 0 spiro atoms. The van der Waals surface area contributed by atoms with Crippen LogP contribution in [0.4, 0.5) is 0 Å². The van der Waals surface area contributed by atoms with Gasteiger partial charge < -0.3 is 10.2 Å². The molecule has 82 valence electrons. The molecule has 8 nitrogen and oxygen atoms in total. The third-order valence-electron chi connectivity index (χ3n) is 0.667. The van der Waals surface area contributed by atoms with Crippen molar-refractivity contribution < 1.29 is 37.3 Å². The number of aliphatic carboxylic acids is 2. The van der Waals surface area contributed by atoms with E-state index in [1.165, 1.54) is 0 Å². The van der Waals surface area contributed by atoms with Crippen LogP contribution >= 0.6 is 0 Å². The Morgan fingerprint density at radius 2 is 1.43 bits per heavy atom. The maximum Gasteiger partial charge on any atom is 0.394 e. The zero-order chi connectivity index (χ0) is 11.9. The normalized spacial score (nSPS) is 9.57. The summed E-state index contributed by atoms with van der Waals surface area (Å²) in [5.41, 5.74) is -0.303. The minimum absolute atomic E-state index is 0.303. The standard InChI is InChI=1S/C5H6O4.H2O4S/c1-3(5(8)9)2-4(6)7;1-5(2,3)4/h1-2H2,(H,6,7)(H,8,9);(H2,1,2,3,4). The molecule has 0 aliphatic carbocycles. The van der Waals surface area contributed by atoms with E-state index in [0.29, 0.717) is 0 Å². The van der Waals surface area contributed by atoms with Gasteiger partial charge >= 0.3 is 22.3 Å². The molecule has 0 saturated carbocycles. The molecule has 0 aromatic heterocycles. The van der Waals surface area contributed by atoms with Crippen LogP contribution in [-0.4, -0.2) is 39.7 Å². The lowest BCUT2D eigenvalue weighted by Gasteiger charge is -1.91. The molecule has 4 N–H and O–H groups in total. The highest BCUT2D eigenvalue weighted by Gasteiger charge is 2.07. The van der Waals surface area contributed by atoms with Gasteiger partial charge in [0.1, 0.15) is 0 Å². The Labute approximate surface area is 79.1 Å². The topological polar surface area (TPSA) is 149 Å². The predicted octanol–water partition coefficient (Wildman–Crippen LogP) is -0.551. The first kappa shape index (κ1) is 15.0. The third-order valence-corrected chi connectivity index (χ3v) is 0.667. The zero-order valence-electron chi connectivity index (χ0n) is 6.74. The van der Waals surface area contributed by atoms with E-state index in [0.717, 1.165) is 0 Å². The largest absolute Gasteiger partial charge is 0.481 e. The van der Waals surface area contributed by atoms with Gasteiger partial charge in [0.05, 0.1) is 6.42 Å². The van der Waals surface area contributed by atoms with Crippen LogP contribution in [0.2, 0.25) is 0 Å². The molecule has 0 unspecified atom stereocenters. The van der Waals surface area contributed by atoms with Crippen LogP contribution in [0.25, 0.3) is 0 Å². The molecule has 0 radical (unpaired) electrons. The fourth-order valence-corrected chi connectivity index (χ4v) is 0.258. The van der Waals surface area contributed by atoms with Crippen molar-refractivity contribution in [1.82, 2.24) is 0 Å². The summed E-state index contributed by atoms with van der Waals surface area (Å²) in [6.45, 7) is 3.01. The maximum absolute atomic E-state index is 9.87. The Morgan fingerprint density at radius 3 is 1.50 bits per heavy atom. The first-order valence-corrected chi connectivity index (χ1v) is 4.26. The summed E-state index contributed by atoms with van der Waals surface area (Å²) in [5.74, 6) is -2.44. The van der Waals surface area contributed by atoms with Gasteiger partial charge in [-0.25, -0.2) is 4.79 Å². The molecular formula is C5H8O8S. The molecule has 0 saturated heterocycles. The van der Waals surface area contributed by atoms with E-state index in [2.05, 4.69) is 6.58 Å². The number of carbonyl (C=O) groups is 2. The summed E-state index contributed by atoms with van der Waals surface area (Å²) in [5, 5.41) is 16.1. The zero-order valence-corrected chi connectivity index (χ0v) is 7.56. The number of hydrogen-bond acceptors (Lipinski definition) is 4. The molecule has 14 heavy (non-hydrogen) atoms. The summed E-state index contributed by atoms with van der Waals surface area (Å²) in [4.78, 5) is 19.7. The second kappa shape index (κ2) is 6.07. The van der Waals surface area contributed by atoms with Crippen LogP contribution in [0.1, 0.15) is 6.42 Å². The van der Waals surface area contributed by atoms with E-state index in [9.17, 15) is 9.59 Å². The van der Waals surface area contributed by atoms with Crippen LogP contribution in [0.5, 0.6) is 0 Å². The Balaban J connectivity index is 0. The molecule has 0 aromatic rings. The Hall–Kier alpha value is -1.45. The number of rotatable bonds is 3. The smallest absolute Gasteiger partial charge is 0.394 e. The molecule has 0 bridgehead atoms. The van der Waals surface area contributed by atoms with E-state index in [-0.39, 0.29) is 5.57 Å². The van der Waals surface area contributed by atoms with Crippen molar-refractivity contribution in [3.63, 3.8) is 0 Å². The van der Waals surface area contributed by atoms with Crippen molar-refractivity contribution in [3.8, 4) is 0 Å². The van der Waals surface area contributed by atoms with Gasteiger partial charge in [0.25, 0.3) is 0 Å². The Morgan fingerprint density at radius 1 is 1.14 bits per heavy atom. The highest BCUT2D eigenvalue weighted by atomic mass is 32.3. The molecule has 0 aliphatic heterocycles. The lowest BCUT2D eigenvalue weighted by molar-refractivity contribution is -0.139. The van der Waals surface area contributed by atoms with E-state index < -0.39 is 28.8 Å². The van der Waals surface area contributed by atoms with Gasteiger partial charge in [-0.05, 0) is 0 Å². The van der Waals surface area contributed by atoms with Crippen LogP contribution in [-0.2, 0) is 20.0 Å². The first-order chi connectivity index (χ1) is 6.04. The first-order valence-electron chi connectivity index (χ1n) is 2.86. The molecule has 9 heteroatoms. The van der Waals surface area contributed by atoms with Gasteiger partial charge in [-0.15, -0.1) is 0 Å². The lowest BCUT2D eigenvalue weighted by atomic mass is 10.2. The van der Waals surface area contributed by atoms with Gasteiger partial charge in [0, 0.05) is 5.57 Å². The van der Waals surface area contributed by atoms with Crippen LogP contribution < -0.4 is 0 Å². The number of hydrogen-bond donors (Lipinski definition) is 4. The minimum Gasteiger partial charge on any atom is -0.481 e. The lowest BCUT2D eigenvalue weighted by Crippen LogP contribution is -2.04. The maximum atomic E-state index is 9.87. The molecule has 0 fully saturated rings. The van der Waals surface area contributed by atoms with Crippen molar-refractivity contribution in [2.24, 2.45) is 0 Å². The van der Waals surface area contributed by atoms with E-state index in [4.69, 9.17) is 27.7 Å². The quantitative estimate of drug-likeness (QED) is 0.371. The summed E-state index contributed by atoms with van der Waals surface area (Å²) < 4.78 is 31.6. The number of carboxylic acid groups (broad SMARTS) is 2. The third kappa shape index (κ3) is 22.4. The highest BCUT2D eigenvalue weighted by Crippen LogP contribution is 1.95. The summed E-state index contributed by atoms with van der Waals surface area (Å²) in [6, 6.07) is 0. The monoisotopic (exact) mass is 228 g/mol. The molecule has 0 aliphatic rings. The van der Waals surface area contributed by atoms with Crippen molar-refractivity contribution in [2.75, 3.05) is 0 Å². The van der Waals surface area contributed by atoms with E-state index in [1.54, 1.807) is 0 Å². The molecule has 0 aromatic carbocycles. The van der Waals surface area contributed by atoms with Crippen molar-refractivity contribution in [1.29, 1.82) is 0 Å². The van der Waals surface area contributed by atoms with Crippen molar-refractivity contribution in [2.45, 2.75) is 6.42 Å². The highest BCUT2D eigenvalue weighted by molar-refractivity contribution is 7.79. The molecule has 0 amide bonds. The van der Waals surface area contributed by atoms with Crippen LogP contribution in [0.3, 0.4) is 0 Å². The predicted molar refractivity (Wildman–Crippen MR) is 43.2 cm³/mol. The molecule has 0 heterocycles. The van der Waals surface area contributed by atoms with Crippen LogP contribution in [0.15, 0.2) is 12.2 Å². The fraction of sp³-hybridized carbons (Fsp3) is 0.200. The van der Waals surface area contributed by atoms with Crippen molar-refractivity contribution >= 4 is 22.3 Å². The second-order valence-electron chi connectivity index (χ2n) is 1.93. The summed E-state index contributed by atoms with van der Waals surface area (Å²) >= 11 is 0. The van der Waals surface area contributed by atoms with Gasteiger partial charge in [-0.1, -0.05) is 6.58 Å². The summed E-state index contributed by atoms with van der Waals surface area (Å²) in [6.07, 6.45) is -0.505. The van der Waals surface area contributed by atoms with Gasteiger partial charge in [-0.3, -0.25) is 13.9 Å². The average molecular weight is 228 g/mol. The van der Waals surface area contributed by atoms with Crippen molar-refractivity contribution in [3.05, 3.63) is 12.2 Å². The van der Waals surface area contributed by atoms with Crippen LogP contribution in [0, 0.1) is 0 Å². The Bertz CT molecular complexity index is 318. The van der Waals surface area contributed by atoms with Gasteiger partial charge in [0.15, 0.2) is 0 Å². The average Bonchev–Trinajstić information content (AvgIpc) is 1.80. The Kier molecular flexibility index (Phi) is 6.52. The minimum atomic E-state index is -4.67. The second-order valence-corrected chi connectivity index (χ2v) is 2.82. The van der Waals surface area contributed by atoms with E-state index in [1.807, 2.05) is 0 Å². The van der Waals surface area contributed by atoms with Gasteiger partial charge in [-0.2, -0.15) is 8.42 Å². The molecule has 0 atom stereocenters. The number of carboxylic acids is 2. The SMILES string of the molecule is C=C(CC(=O)O)C(=O)O.O=S(=O)(O)O. The molecular weight excluding hydrogens is 220 g/mol. The van der Waals surface area contributed by atoms with E-state index >= 15 is 0 Å². The van der Waals surface area contributed by atoms with Gasteiger partial charge in [0.2, 0.25) is 0 Å². The summed E-state index contributed by atoms with van der Waals surface area (Å²) in [7, 11) is -4.67. The fourth-order valence-electron chi connectivity index (χ4n) is 0.258. The molecule has 0 rings (SSSR count).